The normalized spacial score (nSPS) is 17.1. The highest BCUT2D eigenvalue weighted by atomic mass is 16.6. The van der Waals surface area contributed by atoms with E-state index in [-0.39, 0.29) is 17.5 Å². The van der Waals surface area contributed by atoms with Gasteiger partial charge in [-0.3, -0.25) is 10.1 Å². The molecule has 2 rings (SSSR count). The summed E-state index contributed by atoms with van der Waals surface area (Å²) in [6.45, 7) is 6.19. The van der Waals surface area contributed by atoms with E-state index in [1.807, 2.05) is 0 Å². The Kier molecular flexibility index (Phi) is 5.45. The van der Waals surface area contributed by atoms with E-state index < -0.39 is 22.7 Å². The third-order valence-electron chi connectivity index (χ3n) is 3.42. The predicted octanol–water partition coefficient (Wildman–Crippen LogP) is 2.69. The van der Waals surface area contributed by atoms with Crippen LogP contribution in [-0.4, -0.2) is 46.7 Å². The van der Waals surface area contributed by atoms with E-state index >= 15 is 0 Å². The summed E-state index contributed by atoms with van der Waals surface area (Å²) in [7, 11) is 0. The number of carbonyl (C=O) groups is 2. The first-order valence-electron chi connectivity index (χ1n) is 7.85. The Morgan fingerprint density at radius 2 is 1.92 bits per heavy atom. The van der Waals surface area contributed by atoms with Gasteiger partial charge in [-0.15, -0.1) is 0 Å². The Hall–Kier alpha value is -2.84. The van der Waals surface area contributed by atoms with Crippen molar-refractivity contribution in [1.29, 1.82) is 0 Å². The Morgan fingerprint density at radius 3 is 2.48 bits per heavy atom. The number of nitro benzene ring substituents is 1. The lowest BCUT2D eigenvalue weighted by atomic mass is 10.2. The third-order valence-corrected chi connectivity index (χ3v) is 3.42. The molecular formula is C16H21N3O6. The molecule has 0 aromatic heterocycles. The summed E-state index contributed by atoms with van der Waals surface area (Å²) in [4.78, 5) is 35.4. The molecule has 9 nitrogen and oxygen atoms in total. The quantitative estimate of drug-likeness (QED) is 0.662. The van der Waals surface area contributed by atoms with Gasteiger partial charge in [0.25, 0.3) is 5.69 Å². The second kappa shape index (κ2) is 7.37. The highest BCUT2D eigenvalue weighted by molar-refractivity contribution is 5.72. The molecular weight excluding hydrogens is 330 g/mol. The molecule has 1 fully saturated rings. The molecule has 136 valence electrons. The summed E-state index contributed by atoms with van der Waals surface area (Å²) < 4.78 is 10.4. The number of nitro groups is 1. The van der Waals surface area contributed by atoms with Crippen molar-refractivity contribution < 1.29 is 24.0 Å². The van der Waals surface area contributed by atoms with Crippen molar-refractivity contribution in [3.63, 3.8) is 0 Å². The topological polar surface area (TPSA) is 111 Å². The fraction of sp³-hybridized carbons (Fsp3) is 0.500. The Balaban J connectivity index is 1.81. The summed E-state index contributed by atoms with van der Waals surface area (Å²) >= 11 is 0. The van der Waals surface area contributed by atoms with Crippen molar-refractivity contribution in [2.24, 2.45) is 0 Å². The molecule has 0 spiro atoms. The van der Waals surface area contributed by atoms with Crippen LogP contribution in [0, 0.1) is 10.1 Å². The van der Waals surface area contributed by atoms with Crippen molar-refractivity contribution in [3.05, 3.63) is 34.4 Å². The van der Waals surface area contributed by atoms with E-state index in [4.69, 9.17) is 9.47 Å². The van der Waals surface area contributed by atoms with Gasteiger partial charge in [0.15, 0.2) is 0 Å². The molecule has 1 atom stereocenters. The fourth-order valence-electron chi connectivity index (χ4n) is 2.31. The van der Waals surface area contributed by atoms with E-state index in [0.717, 1.165) is 0 Å². The SMILES string of the molecule is CC(C)(C)OC(=O)N1CC[C@H](NC(=O)Oc2ccc([N+](=O)[O-])cc2)C1. The first-order chi connectivity index (χ1) is 11.6. The summed E-state index contributed by atoms with van der Waals surface area (Å²) in [5, 5.41) is 13.2. The van der Waals surface area contributed by atoms with Crippen molar-refractivity contribution >= 4 is 17.9 Å². The van der Waals surface area contributed by atoms with Crippen LogP contribution in [0.5, 0.6) is 5.75 Å². The van der Waals surface area contributed by atoms with Crippen LogP contribution >= 0.6 is 0 Å². The van der Waals surface area contributed by atoms with Gasteiger partial charge >= 0.3 is 12.2 Å². The number of nitrogens with one attached hydrogen (secondary N) is 1. The van der Waals surface area contributed by atoms with E-state index in [9.17, 15) is 19.7 Å². The molecule has 1 aromatic rings. The molecule has 1 aliphatic rings. The van der Waals surface area contributed by atoms with E-state index in [0.29, 0.717) is 19.5 Å². The maximum Gasteiger partial charge on any atom is 0.412 e. The minimum atomic E-state index is -0.676. The van der Waals surface area contributed by atoms with E-state index in [2.05, 4.69) is 5.32 Å². The number of likely N-dealkylation sites (tertiary alicyclic amines) is 1. The van der Waals surface area contributed by atoms with E-state index in [1.54, 1.807) is 20.8 Å². The molecule has 0 bridgehead atoms. The largest absolute Gasteiger partial charge is 0.444 e. The van der Waals surface area contributed by atoms with Crippen molar-refractivity contribution in [2.75, 3.05) is 13.1 Å². The minimum absolute atomic E-state index is 0.0865. The van der Waals surface area contributed by atoms with E-state index in [1.165, 1.54) is 29.2 Å². The van der Waals surface area contributed by atoms with Crippen LogP contribution in [0.4, 0.5) is 15.3 Å². The third kappa shape index (κ3) is 5.63. The second-order valence-electron chi connectivity index (χ2n) is 6.70. The van der Waals surface area contributed by atoms with Crippen LogP contribution in [0.3, 0.4) is 0 Å². The molecule has 9 heteroatoms. The van der Waals surface area contributed by atoms with Gasteiger partial charge in [0.2, 0.25) is 0 Å². The average molecular weight is 351 g/mol. The van der Waals surface area contributed by atoms with Gasteiger partial charge in [0.1, 0.15) is 11.4 Å². The monoisotopic (exact) mass is 351 g/mol. The average Bonchev–Trinajstić information content (AvgIpc) is 2.94. The lowest BCUT2D eigenvalue weighted by Gasteiger charge is -2.24. The number of hydrogen-bond acceptors (Lipinski definition) is 6. The number of carbonyl (C=O) groups excluding carboxylic acids is 2. The van der Waals surface area contributed by atoms with Crippen LogP contribution < -0.4 is 10.1 Å². The molecule has 1 N–H and O–H groups in total. The number of rotatable bonds is 3. The zero-order valence-corrected chi connectivity index (χ0v) is 14.4. The van der Waals surface area contributed by atoms with Crippen LogP contribution in [0.2, 0.25) is 0 Å². The standard InChI is InChI=1S/C16H21N3O6/c1-16(2,3)25-15(21)18-9-8-11(10-18)17-14(20)24-13-6-4-12(5-7-13)19(22)23/h4-7,11H,8-10H2,1-3H3,(H,17,20)/t11-/m0/s1. The van der Waals surface area contributed by atoms with Gasteiger partial charge in [-0.2, -0.15) is 0 Å². The maximum absolute atomic E-state index is 12.0. The van der Waals surface area contributed by atoms with Gasteiger partial charge < -0.3 is 19.7 Å². The van der Waals surface area contributed by atoms with Gasteiger partial charge in [0.05, 0.1) is 11.0 Å². The lowest BCUT2D eigenvalue weighted by molar-refractivity contribution is -0.384. The van der Waals surface area contributed by atoms with Crippen molar-refractivity contribution in [2.45, 2.75) is 38.8 Å². The summed E-state index contributed by atoms with van der Waals surface area (Å²) in [5.74, 6) is 0.199. The van der Waals surface area contributed by atoms with Gasteiger partial charge in [-0.05, 0) is 39.3 Å². The van der Waals surface area contributed by atoms with Gasteiger partial charge in [-0.1, -0.05) is 0 Å². The molecule has 1 aliphatic heterocycles. The zero-order chi connectivity index (χ0) is 18.6. The number of amides is 2. The Bertz CT molecular complexity index is 653. The smallest absolute Gasteiger partial charge is 0.412 e. The lowest BCUT2D eigenvalue weighted by Crippen LogP contribution is -2.41. The molecule has 1 saturated heterocycles. The molecule has 1 aromatic carbocycles. The fourth-order valence-corrected chi connectivity index (χ4v) is 2.31. The van der Waals surface area contributed by atoms with Gasteiger partial charge in [0, 0.05) is 25.2 Å². The number of hydrogen-bond donors (Lipinski definition) is 1. The summed E-state index contributed by atoms with van der Waals surface area (Å²) in [6, 6.07) is 4.96. The summed E-state index contributed by atoms with van der Waals surface area (Å²) in [6.07, 6.45) is -0.500. The molecule has 0 aliphatic carbocycles. The molecule has 25 heavy (non-hydrogen) atoms. The van der Waals surface area contributed by atoms with Crippen LogP contribution in [0.1, 0.15) is 27.2 Å². The minimum Gasteiger partial charge on any atom is -0.444 e. The van der Waals surface area contributed by atoms with Crippen molar-refractivity contribution in [1.82, 2.24) is 10.2 Å². The molecule has 1 heterocycles. The van der Waals surface area contributed by atoms with Crippen LogP contribution in [0.15, 0.2) is 24.3 Å². The Morgan fingerprint density at radius 1 is 1.28 bits per heavy atom. The molecule has 0 radical (unpaired) electrons. The molecule has 0 unspecified atom stereocenters. The summed E-state index contributed by atoms with van der Waals surface area (Å²) in [5.41, 5.74) is -0.658. The number of benzene rings is 1. The first kappa shape index (κ1) is 18.5. The first-order valence-corrected chi connectivity index (χ1v) is 7.85. The van der Waals surface area contributed by atoms with Gasteiger partial charge in [-0.25, -0.2) is 9.59 Å². The maximum atomic E-state index is 12.0. The van der Waals surface area contributed by atoms with Crippen LogP contribution in [-0.2, 0) is 4.74 Å². The number of nitrogens with zero attached hydrogens (tertiary/aromatic N) is 2. The second-order valence-corrected chi connectivity index (χ2v) is 6.70. The van der Waals surface area contributed by atoms with Crippen molar-refractivity contribution in [3.8, 4) is 5.75 Å². The highest BCUT2D eigenvalue weighted by Crippen LogP contribution is 2.18. The number of non-ortho nitro benzene ring substituents is 1. The number of ether oxygens (including phenoxy) is 2. The molecule has 0 saturated carbocycles. The zero-order valence-electron chi connectivity index (χ0n) is 14.4. The molecule has 2 amide bonds. The Labute approximate surface area is 145 Å². The predicted molar refractivity (Wildman–Crippen MR) is 88.5 cm³/mol. The highest BCUT2D eigenvalue weighted by Gasteiger charge is 2.30. The van der Waals surface area contributed by atoms with Crippen LogP contribution in [0.25, 0.3) is 0 Å².